The van der Waals surface area contributed by atoms with Crippen LogP contribution < -0.4 is 0 Å². The number of hydrogen-bond donors (Lipinski definition) is 0. The van der Waals surface area contributed by atoms with E-state index < -0.39 is 0 Å². The summed E-state index contributed by atoms with van der Waals surface area (Å²) in [5.74, 6) is 1.76. The highest BCUT2D eigenvalue weighted by Gasteiger charge is 2.21. The molecular formula is C51H31N3O. The van der Waals surface area contributed by atoms with Crippen LogP contribution in [0.1, 0.15) is 0 Å². The molecule has 11 rings (SSSR count). The zero-order valence-corrected chi connectivity index (χ0v) is 29.6. The van der Waals surface area contributed by atoms with E-state index in [2.05, 4.69) is 164 Å². The van der Waals surface area contributed by atoms with E-state index in [0.29, 0.717) is 17.5 Å². The Kier molecular flexibility index (Phi) is 7.14. The molecule has 0 aliphatic heterocycles. The molecule has 0 unspecified atom stereocenters. The van der Waals surface area contributed by atoms with Crippen LogP contribution in [0.15, 0.2) is 192 Å². The number of nitrogens with zero attached hydrogens (tertiary/aromatic N) is 3. The third-order valence-corrected chi connectivity index (χ3v) is 10.8. The highest BCUT2D eigenvalue weighted by molar-refractivity contribution is 6.11. The van der Waals surface area contributed by atoms with Crippen LogP contribution in [-0.2, 0) is 0 Å². The van der Waals surface area contributed by atoms with Gasteiger partial charge in [0.1, 0.15) is 11.2 Å². The second-order valence-corrected chi connectivity index (χ2v) is 13.9. The maximum Gasteiger partial charge on any atom is 0.167 e. The van der Waals surface area contributed by atoms with Crippen molar-refractivity contribution in [1.29, 1.82) is 0 Å². The second kappa shape index (κ2) is 12.6. The van der Waals surface area contributed by atoms with Crippen molar-refractivity contribution in [3.05, 3.63) is 188 Å². The average Bonchev–Trinajstić information content (AvgIpc) is 3.65. The number of hydrogen-bond acceptors (Lipinski definition) is 4. The van der Waals surface area contributed by atoms with Gasteiger partial charge in [-0.1, -0.05) is 164 Å². The fraction of sp³-hybridized carbons (Fsp3) is 0. The van der Waals surface area contributed by atoms with E-state index in [1.807, 2.05) is 24.3 Å². The van der Waals surface area contributed by atoms with Crippen LogP contribution in [0.3, 0.4) is 0 Å². The lowest BCUT2D eigenvalue weighted by molar-refractivity contribution is 0.669. The van der Waals surface area contributed by atoms with Crippen molar-refractivity contribution in [2.45, 2.75) is 0 Å². The standard InChI is InChI=1S/C51H31N3O/c1-2-14-32(15-3-1)35-28-30-44(39-21-8-6-19-36(35)39)49-52-50(54-51(53-49)46-26-13-25-43-42-23-10-11-27-47(42)55-48(43)46)45-31-29-41(38-20-7-9-22-40(38)45)37-24-12-17-33-16-4-5-18-34(33)37/h1-31H. The molecule has 9 aromatic carbocycles. The van der Waals surface area contributed by atoms with Crippen molar-refractivity contribution >= 4 is 54.3 Å². The number of benzene rings is 9. The number of aromatic nitrogens is 3. The molecule has 0 aliphatic rings. The van der Waals surface area contributed by atoms with Crippen molar-refractivity contribution < 1.29 is 4.42 Å². The summed E-state index contributed by atoms with van der Waals surface area (Å²) in [6, 6.07) is 65.7. The Hall–Kier alpha value is -7.43. The summed E-state index contributed by atoms with van der Waals surface area (Å²) in [5.41, 5.74) is 8.97. The molecule has 0 amide bonds. The van der Waals surface area contributed by atoms with Crippen LogP contribution in [0.5, 0.6) is 0 Å². The molecule has 55 heavy (non-hydrogen) atoms. The molecule has 0 fully saturated rings. The SMILES string of the molecule is c1ccc(-c2ccc(-c3nc(-c4ccc(-c5cccc6ccccc56)c5ccccc45)nc(-c4cccc5c4oc4ccccc45)n3)c3ccccc23)cc1. The molecule has 0 N–H and O–H groups in total. The topological polar surface area (TPSA) is 51.8 Å². The van der Waals surface area contributed by atoms with Gasteiger partial charge in [0.25, 0.3) is 0 Å². The number of furan rings is 1. The van der Waals surface area contributed by atoms with E-state index in [0.717, 1.165) is 71.3 Å². The Balaban J connectivity index is 1.18. The van der Waals surface area contributed by atoms with Gasteiger partial charge in [0, 0.05) is 21.9 Å². The normalized spacial score (nSPS) is 11.6. The van der Waals surface area contributed by atoms with Crippen LogP contribution in [-0.4, -0.2) is 15.0 Å². The number of para-hydroxylation sites is 2. The largest absolute Gasteiger partial charge is 0.455 e. The van der Waals surface area contributed by atoms with Gasteiger partial charge in [-0.15, -0.1) is 0 Å². The Labute approximate surface area is 317 Å². The lowest BCUT2D eigenvalue weighted by Gasteiger charge is -2.15. The van der Waals surface area contributed by atoms with Gasteiger partial charge < -0.3 is 4.42 Å². The van der Waals surface area contributed by atoms with Crippen LogP contribution in [0.4, 0.5) is 0 Å². The van der Waals surface area contributed by atoms with Crippen molar-refractivity contribution in [3.8, 4) is 56.4 Å². The van der Waals surface area contributed by atoms with E-state index in [9.17, 15) is 0 Å². The molecular weight excluding hydrogens is 671 g/mol. The minimum absolute atomic E-state index is 0.558. The summed E-state index contributed by atoms with van der Waals surface area (Å²) < 4.78 is 6.53. The quantitative estimate of drug-likeness (QED) is 0.179. The van der Waals surface area contributed by atoms with Crippen molar-refractivity contribution in [1.82, 2.24) is 15.0 Å². The molecule has 0 saturated heterocycles. The molecule has 0 aliphatic carbocycles. The fourth-order valence-electron chi connectivity index (χ4n) is 8.21. The van der Waals surface area contributed by atoms with Crippen LogP contribution in [0, 0.1) is 0 Å². The third kappa shape index (κ3) is 5.11. The molecule has 256 valence electrons. The lowest BCUT2D eigenvalue weighted by Crippen LogP contribution is -2.01. The summed E-state index contributed by atoms with van der Waals surface area (Å²) in [7, 11) is 0. The van der Waals surface area contributed by atoms with E-state index in [4.69, 9.17) is 19.4 Å². The summed E-state index contributed by atoms with van der Waals surface area (Å²) in [6.07, 6.45) is 0. The molecule has 0 bridgehead atoms. The van der Waals surface area contributed by atoms with Crippen molar-refractivity contribution in [2.75, 3.05) is 0 Å². The predicted octanol–water partition coefficient (Wildman–Crippen LogP) is 13.6. The zero-order chi connectivity index (χ0) is 36.3. The summed E-state index contributed by atoms with van der Waals surface area (Å²) >= 11 is 0. The summed E-state index contributed by atoms with van der Waals surface area (Å²) in [5, 5.41) is 8.94. The van der Waals surface area contributed by atoms with Gasteiger partial charge >= 0.3 is 0 Å². The van der Waals surface area contributed by atoms with Gasteiger partial charge in [-0.3, -0.25) is 0 Å². The first-order chi connectivity index (χ1) is 27.3. The first kappa shape index (κ1) is 31.1. The molecule has 2 heterocycles. The van der Waals surface area contributed by atoms with Gasteiger partial charge in [0.2, 0.25) is 0 Å². The molecule has 4 heteroatoms. The summed E-state index contributed by atoms with van der Waals surface area (Å²) in [4.78, 5) is 15.9. The molecule has 11 aromatic rings. The van der Waals surface area contributed by atoms with Crippen LogP contribution >= 0.6 is 0 Å². The molecule has 4 nitrogen and oxygen atoms in total. The van der Waals surface area contributed by atoms with E-state index in [1.165, 1.54) is 21.9 Å². The van der Waals surface area contributed by atoms with Gasteiger partial charge in [-0.25, -0.2) is 15.0 Å². The third-order valence-electron chi connectivity index (χ3n) is 10.8. The van der Waals surface area contributed by atoms with Crippen LogP contribution in [0.25, 0.3) is 111 Å². The van der Waals surface area contributed by atoms with E-state index >= 15 is 0 Å². The number of fused-ring (bicyclic) bond motifs is 6. The zero-order valence-electron chi connectivity index (χ0n) is 29.6. The van der Waals surface area contributed by atoms with Crippen LogP contribution in [0.2, 0.25) is 0 Å². The second-order valence-electron chi connectivity index (χ2n) is 13.9. The Morgan fingerprint density at radius 2 is 0.709 bits per heavy atom. The van der Waals surface area contributed by atoms with E-state index in [-0.39, 0.29) is 0 Å². The van der Waals surface area contributed by atoms with E-state index in [1.54, 1.807) is 0 Å². The summed E-state index contributed by atoms with van der Waals surface area (Å²) in [6.45, 7) is 0. The first-order valence-corrected chi connectivity index (χ1v) is 18.5. The maximum atomic E-state index is 6.53. The average molecular weight is 702 g/mol. The monoisotopic (exact) mass is 701 g/mol. The van der Waals surface area contributed by atoms with Gasteiger partial charge in [-0.05, 0) is 78.8 Å². The molecule has 0 radical (unpaired) electrons. The Morgan fingerprint density at radius 3 is 1.42 bits per heavy atom. The highest BCUT2D eigenvalue weighted by atomic mass is 16.3. The van der Waals surface area contributed by atoms with Crippen molar-refractivity contribution in [2.24, 2.45) is 0 Å². The van der Waals surface area contributed by atoms with Gasteiger partial charge in [0.15, 0.2) is 17.5 Å². The van der Waals surface area contributed by atoms with Gasteiger partial charge in [0.05, 0.1) is 5.56 Å². The Bertz CT molecular complexity index is 3270. The Morgan fingerprint density at radius 1 is 0.273 bits per heavy atom. The molecule has 0 atom stereocenters. The minimum atomic E-state index is 0.558. The molecule has 0 spiro atoms. The van der Waals surface area contributed by atoms with Gasteiger partial charge in [-0.2, -0.15) is 0 Å². The number of rotatable bonds is 5. The maximum absolute atomic E-state index is 6.53. The molecule has 0 saturated carbocycles. The fourth-order valence-corrected chi connectivity index (χ4v) is 8.21. The predicted molar refractivity (Wildman–Crippen MR) is 227 cm³/mol. The smallest absolute Gasteiger partial charge is 0.167 e. The first-order valence-electron chi connectivity index (χ1n) is 18.5. The highest BCUT2D eigenvalue weighted by Crippen LogP contribution is 2.41. The lowest BCUT2D eigenvalue weighted by atomic mass is 9.91. The van der Waals surface area contributed by atoms with Crippen molar-refractivity contribution in [3.63, 3.8) is 0 Å². The minimum Gasteiger partial charge on any atom is -0.455 e. The molecule has 2 aromatic heterocycles.